The SMILES string of the molecule is Brc1cnc2c(N3CCN4CCCC4C3)cccc2c1. The van der Waals surface area contributed by atoms with Crippen LogP contribution >= 0.6 is 15.9 Å². The van der Waals surface area contributed by atoms with E-state index in [1.807, 2.05) is 6.20 Å². The van der Waals surface area contributed by atoms with Gasteiger partial charge in [0.15, 0.2) is 0 Å². The lowest BCUT2D eigenvalue weighted by molar-refractivity contribution is 0.231. The molecule has 0 spiro atoms. The third-order valence-electron chi connectivity index (χ3n) is 4.58. The first-order chi connectivity index (χ1) is 9.81. The van der Waals surface area contributed by atoms with E-state index in [0.29, 0.717) is 0 Å². The number of halogens is 1. The lowest BCUT2D eigenvalue weighted by atomic mass is 10.1. The van der Waals surface area contributed by atoms with Gasteiger partial charge in [0.2, 0.25) is 0 Å². The van der Waals surface area contributed by atoms with E-state index in [4.69, 9.17) is 0 Å². The van der Waals surface area contributed by atoms with Crippen molar-refractivity contribution in [2.75, 3.05) is 31.1 Å². The van der Waals surface area contributed by atoms with Crippen LogP contribution in [0.5, 0.6) is 0 Å². The van der Waals surface area contributed by atoms with Crippen LogP contribution < -0.4 is 4.90 Å². The third kappa shape index (κ3) is 2.11. The van der Waals surface area contributed by atoms with Crippen LogP contribution in [-0.4, -0.2) is 42.1 Å². The summed E-state index contributed by atoms with van der Waals surface area (Å²) in [6.07, 6.45) is 4.61. The molecule has 2 aliphatic heterocycles. The molecule has 4 heteroatoms. The lowest BCUT2D eigenvalue weighted by Crippen LogP contribution is -2.50. The molecule has 2 saturated heterocycles. The highest BCUT2D eigenvalue weighted by Crippen LogP contribution is 2.30. The molecule has 0 radical (unpaired) electrons. The predicted octanol–water partition coefficient (Wildman–Crippen LogP) is 3.28. The van der Waals surface area contributed by atoms with Gasteiger partial charge < -0.3 is 4.90 Å². The Kier molecular flexibility index (Phi) is 3.15. The second kappa shape index (κ2) is 5.01. The van der Waals surface area contributed by atoms with E-state index in [1.165, 1.54) is 37.0 Å². The van der Waals surface area contributed by atoms with Crippen molar-refractivity contribution in [2.24, 2.45) is 0 Å². The molecular weight excluding hydrogens is 314 g/mol. The molecule has 1 atom stereocenters. The Hall–Kier alpha value is -1.13. The number of fused-ring (bicyclic) bond motifs is 2. The summed E-state index contributed by atoms with van der Waals surface area (Å²) < 4.78 is 1.04. The molecule has 0 N–H and O–H groups in total. The van der Waals surface area contributed by atoms with Crippen LogP contribution in [0.25, 0.3) is 10.9 Å². The molecule has 20 heavy (non-hydrogen) atoms. The second-order valence-corrected chi connectivity index (χ2v) is 6.70. The van der Waals surface area contributed by atoms with Crippen molar-refractivity contribution < 1.29 is 0 Å². The van der Waals surface area contributed by atoms with Gasteiger partial charge in [-0.05, 0) is 47.4 Å². The zero-order valence-corrected chi connectivity index (χ0v) is 13.0. The summed E-state index contributed by atoms with van der Waals surface area (Å²) in [6, 6.07) is 9.40. The second-order valence-electron chi connectivity index (χ2n) is 5.78. The number of para-hydroxylation sites is 1. The van der Waals surface area contributed by atoms with E-state index in [1.54, 1.807) is 0 Å². The Morgan fingerprint density at radius 1 is 1.20 bits per heavy atom. The molecule has 1 aromatic heterocycles. The number of rotatable bonds is 1. The Labute approximate surface area is 127 Å². The average Bonchev–Trinajstić information content (AvgIpc) is 2.93. The minimum Gasteiger partial charge on any atom is -0.367 e. The number of aromatic nitrogens is 1. The maximum absolute atomic E-state index is 4.64. The number of anilines is 1. The Morgan fingerprint density at radius 3 is 3.10 bits per heavy atom. The zero-order chi connectivity index (χ0) is 13.5. The molecule has 2 aliphatic rings. The highest BCUT2D eigenvalue weighted by Gasteiger charge is 2.31. The van der Waals surface area contributed by atoms with Crippen LogP contribution in [-0.2, 0) is 0 Å². The van der Waals surface area contributed by atoms with Crippen LogP contribution in [0.3, 0.4) is 0 Å². The summed E-state index contributed by atoms with van der Waals surface area (Å²) in [5.74, 6) is 0. The first-order valence-electron chi connectivity index (χ1n) is 7.34. The van der Waals surface area contributed by atoms with Gasteiger partial charge in [-0.3, -0.25) is 9.88 Å². The summed E-state index contributed by atoms with van der Waals surface area (Å²) in [6.45, 7) is 4.75. The van der Waals surface area contributed by atoms with Crippen molar-refractivity contribution in [3.05, 3.63) is 34.9 Å². The van der Waals surface area contributed by atoms with E-state index in [9.17, 15) is 0 Å². The fourth-order valence-corrected chi connectivity index (χ4v) is 3.93. The van der Waals surface area contributed by atoms with E-state index in [0.717, 1.165) is 29.1 Å². The third-order valence-corrected chi connectivity index (χ3v) is 5.02. The predicted molar refractivity (Wildman–Crippen MR) is 86.3 cm³/mol. The molecule has 2 fully saturated rings. The molecule has 3 heterocycles. The van der Waals surface area contributed by atoms with E-state index < -0.39 is 0 Å². The number of hydrogen-bond acceptors (Lipinski definition) is 3. The number of hydrogen-bond donors (Lipinski definition) is 0. The van der Waals surface area contributed by atoms with Crippen LogP contribution in [0, 0.1) is 0 Å². The Morgan fingerprint density at radius 2 is 2.15 bits per heavy atom. The van der Waals surface area contributed by atoms with Crippen molar-refractivity contribution in [1.82, 2.24) is 9.88 Å². The normalized spacial score (nSPS) is 23.2. The van der Waals surface area contributed by atoms with Crippen LogP contribution in [0.4, 0.5) is 5.69 Å². The molecule has 0 aliphatic carbocycles. The van der Waals surface area contributed by atoms with Crippen molar-refractivity contribution in [3.63, 3.8) is 0 Å². The monoisotopic (exact) mass is 331 g/mol. The molecule has 1 unspecified atom stereocenters. The molecule has 4 rings (SSSR count). The molecule has 0 bridgehead atoms. The Bertz CT molecular complexity index is 643. The Balaban J connectivity index is 1.71. The van der Waals surface area contributed by atoms with Crippen LogP contribution in [0.15, 0.2) is 34.9 Å². The minimum absolute atomic E-state index is 0.745. The van der Waals surface area contributed by atoms with Gasteiger partial charge in [-0.1, -0.05) is 12.1 Å². The molecule has 3 nitrogen and oxygen atoms in total. The highest BCUT2D eigenvalue weighted by atomic mass is 79.9. The average molecular weight is 332 g/mol. The largest absolute Gasteiger partial charge is 0.367 e. The van der Waals surface area contributed by atoms with Crippen molar-refractivity contribution in [2.45, 2.75) is 18.9 Å². The number of nitrogens with zero attached hydrogens (tertiary/aromatic N) is 3. The molecule has 104 valence electrons. The number of benzene rings is 1. The van der Waals surface area contributed by atoms with Gasteiger partial charge in [-0.15, -0.1) is 0 Å². The molecule has 2 aromatic rings. The zero-order valence-electron chi connectivity index (χ0n) is 11.4. The van der Waals surface area contributed by atoms with Gasteiger partial charge in [0.05, 0.1) is 11.2 Å². The fourth-order valence-electron chi connectivity index (χ4n) is 3.58. The topological polar surface area (TPSA) is 19.4 Å². The number of pyridine rings is 1. The van der Waals surface area contributed by atoms with Gasteiger partial charge in [0.1, 0.15) is 0 Å². The summed E-state index contributed by atoms with van der Waals surface area (Å²) in [5, 5.41) is 1.21. The van der Waals surface area contributed by atoms with Gasteiger partial charge in [-0.2, -0.15) is 0 Å². The van der Waals surface area contributed by atoms with Crippen molar-refractivity contribution in [3.8, 4) is 0 Å². The van der Waals surface area contributed by atoms with Crippen LogP contribution in [0.1, 0.15) is 12.8 Å². The summed E-state index contributed by atoms with van der Waals surface area (Å²) >= 11 is 3.51. The lowest BCUT2D eigenvalue weighted by Gasteiger charge is -2.39. The fraction of sp³-hybridized carbons (Fsp3) is 0.438. The molecular formula is C16H18BrN3. The van der Waals surface area contributed by atoms with Crippen molar-refractivity contribution in [1.29, 1.82) is 0 Å². The standard InChI is InChI=1S/C16H18BrN3/c17-13-9-12-3-1-5-15(16(12)18-10-13)20-8-7-19-6-2-4-14(19)11-20/h1,3,5,9-10,14H,2,4,6-8,11H2. The summed E-state index contributed by atoms with van der Waals surface area (Å²) in [7, 11) is 0. The molecule has 1 aromatic carbocycles. The van der Waals surface area contributed by atoms with Crippen LogP contribution in [0.2, 0.25) is 0 Å². The summed E-state index contributed by atoms with van der Waals surface area (Å²) in [4.78, 5) is 9.81. The maximum Gasteiger partial charge on any atom is 0.0936 e. The maximum atomic E-state index is 4.64. The van der Waals surface area contributed by atoms with Crippen molar-refractivity contribution >= 4 is 32.5 Å². The van der Waals surface area contributed by atoms with Gasteiger partial charge in [0, 0.05) is 41.7 Å². The summed E-state index contributed by atoms with van der Waals surface area (Å²) in [5.41, 5.74) is 2.42. The van der Waals surface area contributed by atoms with E-state index >= 15 is 0 Å². The first-order valence-corrected chi connectivity index (χ1v) is 8.14. The van der Waals surface area contributed by atoms with E-state index in [-0.39, 0.29) is 0 Å². The first kappa shape index (κ1) is 12.6. The van der Waals surface area contributed by atoms with Gasteiger partial charge in [-0.25, -0.2) is 0 Å². The van der Waals surface area contributed by atoms with Gasteiger partial charge >= 0.3 is 0 Å². The number of piperazine rings is 1. The molecule has 0 amide bonds. The van der Waals surface area contributed by atoms with E-state index in [2.05, 4.69) is 55.0 Å². The van der Waals surface area contributed by atoms with Gasteiger partial charge in [0.25, 0.3) is 0 Å². The highest BCUT2D eigenvalue weighted by molar-refractivity contribution is 9.10. The smallest absolute Gasteiger partial charge is 0.0936 e. The minimum atomic E-state index is 0.745. The quantitative estimate of drug-likeness (QED) is 0.799. The molecule has 0 saturated carbocycles.